The molecule has 0 aromatic rings. The Bertz CT molecular complexity index is 440. The number of nitrogens with one attached hydrogen (secondary N) is 1. The third-order valence-corrected chi connectivity index (χ3v) is 6.93. The highest BCUT2D eigenvalue weighted by Crippen LogP contribution is 2.59. The molecular weight excluding hydrogens is 294 g/mol. The second kappa shape index (κ2) is 9.94. The van der Waals surface area contributed by atoms with Crippen LogP contribution < -0.4 is 5.32 Å². The van der Waals surface area contributed by atoms with Gasteiger partial charge in [0, 0.05) is 13.8 Å². The highest BCUT2D eigenvalue weighted by molar-refractivity contribution is 5.51. The number of rotatable bonds is 11. The van der Waals surface area contributed by atoms with Crippen LogP contribution in [0.4, 0.5) is 0 Å². The number of carbonyl (C=O) groups excluding carboxylic acids is 1. The Kier molecular flexibility index (Phi) is 7.63. The summed E-state index contributed by atoms with van der Waals surface area (Å²) in [5.41, 5.74) is -0.599. The quantitative estimate of drug-likeness (QED) is 0.369. The number of carbonyl (C=O) groups is 1. The molecule has 0 aromatic carbocycles. The van der Waals surface area contributed by atoms with Gasteiger partial charge in [-0.25, -0.2) is 0 Å². The van der Waals surface area contributed by atoms with Crippen LogP contribution in [0, 0.1) is 22.7 Å². The lowest BCUT2D eigenvalue weighted by atomic mass is 9.47. The summed E-state index contributed by atoms with van der Waals surface area (Å²) in [4.78, 5) is 11.9. The van der Waals surface area contributed by atoms with Crippen molar-refractivity contribution in [3.05, 3.63) is 0 Å². The van der Waals surface area contributed by atoms with Crippen molar-refractivity contribution in [2.24, 2.45) is 22.7 Å². The predicted molar refractivity (Wildman–Crippen MR) is 105 cm³/mol. The van der Waals surface area contributed by atoms with E-state index in [4.69, 9.17) is 1.37 Å². The molecule has 0 spiro atoms. The van der Waals surface area contributed by atoms with Gasteiger partial charge < -0.3 is 10.1 Å². The van der Waals surface area contributed by atoms with Crippen molar-refractivity contribution >= 4 is 6.26 Å². The van der Waals surface area contributed by atoms with Crippen LogP contribution in [0.2, 0.25) is 0 Å². The van der Waals surface area contributed by atoms with Crippen LogP contribution in [-0.2, 0) is 4.79 Å². The van der Waals surface area contributed by atoms with Crippen LogP contribution >= 0.6 is 0 Å². The Hall–Kier alpha value is -0.370. The first-order chi connectivity index (χ1) is 12.2. The molecule has 5 atom stereocenters. The van der Waals surface area contributed by atoms with Crippen molar-refractivity contribution in [2.45, 2.75) is 105 Å². The maximum atomic E-state index is 11.9. The summed E-state index contributed by atoms with van der Waals surface area (Å²) < 4.78 is 17.0. The third kappa shape index (κ3) is 4.42. The lowest BCUT2D eigenvalue weighted by Gasteiger charge is -2.60. The largest absolute Gasteiger partial charge is 0.316 e. The van der Waals surface area contributed by atoms with Crippen molar-refractivity contribution in [3.8, 4) is 0 Å². The zero-order valence-corrected chi connectivity index (χ0v) is 17.1. The molecule has 0 bridgehead atoms. The smallest absolute Gasteiger partial charge is 0.120 e. The van der Waals surface area contributed by atoms with Gasteiger partial charge in [-0.2, -0.15) is 0 Å². The molecule has 1 N–H and O–H groups in total. The lowest BCUT2D eigenvalue weighted by Crippen LogP contribution is -2.60. The maximum absolute atomic E-state index is 11.9. The standard InChI is InChI=1S/C22H43NO/c1-7-10-12-14-19-18(13-11-8-2)17-22(9-3,15-16-24)21(4,5)20(19)23-6/h16,18-20,23H,7-15,17H2,1-6H3/i16T,17T. The van der Waals surface area contributed by atoms with E-state index in [1.807, 2.05) is 7.05 Å². The molecule has 24 heavy (non-hydrogen) atoms. The van der Waals surface area contributed by atoms with E-state index in [1.54, 1.807) is 0 Å². The average molecular weight is 342 g/mol. The molecule has 1 saturated carbocycles. The van der Waals surface area contributed by atoms with Gasteiger partial charge in [0.05, 0.1) is 0 Å². The van der Waals surface area contributed by atoms with Crippen molar-refractivity contribution in [2.75, 3.05) is 7.05 Å². The molecule has 0 amide bonds. The van der Waals surface area contributed by atoms with Gasteiger partial charge in [-0.05, 0) is 49.0 Å². The van der Waals surface area contributed by atoms with E-state index in [2.05, 4.69) is 39.9 Å². The molecule has 0 heterocycles. The molecule has 0 aliphatic heterocycles. The molecular formula is C22H43NO. The molecule has 142 valence electrons. The zero-order chi connectivity index (χ0) is 20.0. The van der Waals surface area contributed by atoms with E-state index in [1.165, 1.54) is 25.7 Å². The molecule has 0 radical (unpaired) electrons. The van der Waals surface area contributed by atoms with Crippen LogP contribution in [0.5, 0.6) is 0 Å². The minimum absolute atomic E-state index is 0.181. The van der Waals surface area contributed by atoms with Crippen LogP contribution in [0.15, 0.2) is 0 Å². The van der Waals surface area contributed by atoms with Crippen LogP contribution in [-0.4, -0.2) is 19.4 Å². The number of aldehydes is 1. The average Bonchev–Trinajstić information content (AvgIpc) is 2.58. The van der Waals surface area contributed by atoms with Crippen LogP contribution in [0.3, 0.4) is 0 Å². The fourth-order valence-electron chi connectivity index (χ4n) is 5.28. The van der Waals surface area contributed by atoms with E-state index in [9.17, 15) is 6.17 Å². The van der Waals surface area contributed by atoms with Gasteiger partial charge in [-0.3, -0.25) is 0 Å². The van der Waals surface area contributed by atoms with Gasteiger partial charge in [0.15, 0.2) is 0 Å². The summed E-state index contributed by atoms with van der Waals surface area (Å²) in [7, 11) is 2.04. The molecule has 5 unspecified atom stereocenters. The Balaban J connectivity index is 3.34. The topological polar surface area (TPSA) is 29.1 Å². The Morgan fingerprint density at radius 3 is 2.33 bits per heavy atom. The van der Waals surface area contributed by atoms with Crippen molar-refractivity contribution in [1.82, 2.24) is 5.32 Å². The number of hydrogen-bond acceptors (Lipinski definition) is 2. The molecule has 0 saturated heterocycles. The third-order valence-electron chi connectivity index (χ3n) is 6.93. The summed E-state index contributed by atoms with van der Waals surface area (Å²) in [5, 5.41) is 3.60. The summed E-state index contributed by atoms with van der Waals surface area (Å²) in [6.07, 6.45) is 8.47. The highest BCUT2D eigenvalue weighted by atomic mass is 16.1. The van der Waals surface area contributed by atoms with Gasteiger partial charge in [0.1, 0.15) is 7.63 Å². The second-order valence-corrected chi connectivity index (χ2v) is 8.45. The zero-order valence-electron chi connectivity index (χ0n) is 19.1. The molecule has 2 heteroatoms. The number of hydrogen-bond donors (Lipinski definition) is 1. The Labute approximate surface area is 154 Å². The minimum atomic E-state index is -0.509. The first kappa shape index (κ1) is 18.4. The van der Waals surface area contributed by atoms with E-state index in [-0.39, 0.29) is 18.2 Å². The van der Waals surface area contributed by atoms with Crippen molar-refractivity contribution < 1.29 is 7.54 Å². The molecule has 0 aromatic heterocycles. The summed E-state index contributed by atoms with van der Waals surface area (Å²) >= 11 is 0. The molecule has 1 aliphatic carbocycles. The van der Waals surface area contributed by atoms with Crippen LogP contribution in [0.25, 0.3) is 0 Å². The minimum Gasteiger partial charge on any atom is -0.316 e. The summed E-state index contributed by atoms with van der Waals surface area (Å²) in [6.45, 7) is 11.1. The highest BCUT2D eigenvalue weighted by Gasteiger charge is 2.55. The monoisotopic (exact) mass is 341 g/mol. The Morgan fingerprint density at radius 1 is 1.17 bits per heavy atom. The predicted octanol–water partition coefficient (Wildman–Crippen LogP) is 5.99. The molecule has 2 nitrogen and oxygen atoms in total. The van der Waals surface area contributed by atoms with Crippen molar-refractivity contribution in [3.63, 3.8) is 0 Å². The lowest BCUT2D eigenvalue weighted by molar-refractivity contribution is -0.121. The van der Waals surface area contributed by atoms with Gasteiger partial charge >= 0.3 is 0 Å². The van der Waals surface area contributed by atoms with Gasteiger partial charge in [0.25, 0.3) is 0 Å². The second-order valence-electron chi connectivity index (χ2n) is 8.45. The van der Waals surface area contributed by atoms with E-state index >= 15 is 0 Å². The van der Waals surface area contributed by atoms with Crippen molar-refractivity contribution in [1.29, 1.82) is 0 Å². The normalized spacial score (nSPS) is 36.9. The number of unbranched alkanes of at least 4 members (excludes halogenated alkanes) is 3. The molecule has 1 aliphatic rings. The van der Waals surface area contributed by atoms with Crippen LogP contribution in [0.1, 0.15) is 102 Å². The van der Waals surface area contributed by atoms with E-state index in [0.29, 0.717) is 17.9 Å². The SMILES string of the molecule is [3H]C(=O)CC1(CC)C([3H])C(CCCC)C(CCCCC)C(NC)C1(C)C. The first-order valence-electron chi connectivity index (χ1n) is 11.4. The molecule has 1 rings (SSSR count). The van der Waals surface area contributed by atoms with Gasteiger partial charge in [0.2, 0.25) is 0 Å². The summed E-state index contributed by atoms with van der Waals surface area (Å²) in [5.74, 6) is 0.799. The maximum Gasteiger partial charge on any atom is 0.120 e. The fourth-order valence-corrected chi connectivity index (χ4v) is 5.28. The summed E-state index contributed by atoms with van der Waals surface area (Å²) in [6, 6.07) is 0.294. The Morgan fingerprint density at radius 2 is 1.83 bits per heavy atom. The first-order valence-corrected chi connectivity index (χ1v) is 10.3. The van der Waals surface area contributed by atoms with E-state index in [0.717, 1.165) is 25.7 Å². The fraction of sp³-hybridized carbons (Fsp3) is 0.955. The van der Waals surface area contributed by atoms with E-state index < -0.39 is 11.7 Å². The van der Waals surface area contributed by atoms with Gasteiger partial charge in [-0.15, -0.1) is 0 Å². The molecule has 1 fully saturated rings. The van der Waals surface area contributed by atoms with Gasteiger partial charge in [-0.1, -0.05) is 73.1 Å².